The largest absolute Gasteiger partial charge is 0.456 e. The van der Waals surface area contributed by atoms with Gasteiger partial charge in [0.2, 0.25) is 0 Å². The van der Waals surface area contributed by atoms with Crippen LogP contribution in [0.25, 0.3) is 109 Å². The summed E-state index contributed by atoms with van der Waals surface area (Å²) in [6, 6.07) is 66.3. The van der Waals surface area contributed by atoms with Crippen LogP contribution in [0.5, 0.6) is 0 Å². The highest BCUT2D eigenvalue weighted by atomic mass is 16.3. The van der Waals surface area contributed by atoms with Gasteiger partial charge in [-0.05, 0) is 105 Å². The summed E-state index contributed by atoms with van der Waals surface area (Å²) in [5, 5.41) is 14.8. The monoisotopic (exact) mass is 646 g/mol. The van der Waals surface area contributed by atoms with Crippen LogP contribution in [-0.4, -0.2) is 0 Å². The molecule has 10 aromatic carbocycles. The summed E-state index contributed by atoms with van der Waals surface area (Å²) < 4.78 is 6.59. The lowest BCUT2D eigenvalue weighted by atomic mass is 9.85. The van der Waals surface area contributed by atoms with Gasteiger partial charge in [-0.1, -0.05) is 164 Å². The van der Waals surface area contributed by atoms with Gasteiger partial charge in [-0.3, -0.25) is 0 Å². The van der Waals surface area contributed by atoms with E-state index in [4.69, 9.17) is 4.42 Å². The SMILES string of the molecule is c1ccc2cc(-c3c4ccccc4c(-c4ccc(-c5cc6oc7ccc8ccccc8c7c6c6ccccc56)cc4)c4ccccc34)ccc2c1. The van der Waals surface area contributed by atoms with Gasteiger partial charge in [0.15, 0.2) is 0 Å². The summed E-state index contributed by atoms with van der Waals surface area (Å²) in [7, 11) is 0. The van der Waals surface area contributed by atoms with Crippen LogP contribution in [0.2, 0.25) is 0 Å². The van der Waals surface area contributed by atoms with Crippen molar-refractivity contribution in [3.05, 3.63) is 182 Å². The van der Waals surface area contributed by atoms with Gasteiger partial charge < -0.3 is 4.42 Å². The van der Waals surface area contributed by atoms with Gasteiger partial charge in [0, 0.05) is 10.8 Å². The molecule has 1 nitrogen and oxygen atoms in total. The Balaban J connectivity index is 1.11. The Hall–Kier alpha value is -6.70. The molecule has 0 aliphatic carbocycles. The van der Waals surface area contributed by atoms with Crippen molar-refractivity contribution in [1.29, 1.82) is 0 Å². The second kappa shape index (κ2) is 10.9. The Bertz CT molecular complexity index is 3120. The van der Waals surface area contributed by atoms with Crippen molar-refractivity contribution in [3.63, 3.8) is 0 Å². The molecule has 11 aromatic rings. The summed E-state index contributed by atoms with van der Waals surface area (Å²) in [6.07, 6.45) is 0. The van der Waals surface area contributed by atoms with Gasteiger partial charge in [-0.25, -0.2) is 0 Å². The number of rotatable bonds is 3. The molecule has 0 saturated carbocycles. The second-order valence-electron chi connectivity index (χ2n) is 13.6. The Labute approximate surface area is 294 Å². The summed E-state index contributed by atoms with van der Waals surface area (Å²) >= 11 is 0. The zero-order valence-corrected chi connectivity index (χ0v) is 27.7. The highest BCUT2D eigenvalue weighted by Crippen LogP contribution is 2.46. The number of hydrogen-bond donors (Lipinski definition) is 0. The van der Waals surface area contributed by atoms with E-state index in [1.165, 1.54) is 98.0 Å². The predicted octanol–water partition coefficient (Wildman–Crippen LogP) is 14.4. The van der Waals surface area contributed by atoms with Gasteiger partial charge in [-0.2, -0.15) is 0 Å². The van der Waals surface area contributed by atoms with E-state index >= 15 is 0 Å². The molecule has 1 heteroatoms. The van der Waals surface area contributed by atoms with Crippen molar-refractivity contribution in [2.45, 2.75) is 0 Å². The van der Waals surface area contributed by atoms with Crippen molar-refractivity contribution >= 4 is 75.8 Å². The van der Waals surface area contributed by atoms with Crippen molar-refractivity contribution < 1.29 is 4.42 Å². The maximum Gasteiger partial charge on any atom is 0.136 e. The van der Waals surface area contributed by atoms with Crippen LogP contribution in [0, 0.1) is 0 Å². The Morgan fingerprint density at radius 3 is 1.43 bits per heavy atom. The highest BCUT2D eigenvalue weighted by Gasteiger charge is 2.19. The molecule has 51 heavy (non-hydrogen) atoms. The molecule has 0 aliphatic heterocycles. The topological polar surface area (TPSA) is 13.1 Å². The molecule has 0 radical (unpaired) electrons. The fourth-order valence-corrected chi connectivity index (χ4v) is 8.55. The molecule has 236 valence electrons. The molecule has 0 N–H and O–H groups in total. The molecule has 0 spiro atoms. The molecule has 0 atom stereocenters. The Morgan fingerprint density at radius 2 is 0.745 bits per heavy atom. The smallest absolute Gasteiger partial charge is 0.136 e. The van der Waals surface area contributed by atoms with Crippen LogP contribution in [0.15, 0.2) is 186 Å². The second-order valence-corrected chi connectivity index (χ2v) is 13.6. The zero-order valence-electron chi connectivity index (χ0n) is 27.7. The average Bonchev–Trinajstić information content (AvgIpc) is 3.59. The van der Waals surface area contributed by atoms with E-state index < -0.39 is 0 Å². The summed E-state index contributed by atoms with van der Waals surface area (Å²) in [5.41, 5.74) is 9.18. The van der Waals surface area contributed by atoms with E-state index in [1.807, 2.05) is 0 Å². The van der Waals surface area contributed by atoms with Crippen LogP contribution in [-0.2, 0) is 0 Å². The van der Waals surface area contributed by atoms with E-state index in [9.17, 15) is 0 Å². The van der Waals surface area contributed by atoms with Gasteiger partial charge >= 0.3 is 0 Å². The first-order chi connectivity index (χ1) is 25.3. The fraction of sp³-hybridized carbons (Fsp3) is 0. The molecular weight excluding hydrogens is 617 g/mol. The maximum absolute atomic E-state index is 6.59. The van der Waals surface area contributed by atoms with Crippen molar-refractivity contribution in [2.75, 3.05) is 0 Å². The lowest BCUT2D eigenvalue weighted by Crippen LogP contribution is -1.91. The molecular formula is C50H30O. The van der Waals surface area contributed by atoms with Crippen molar-refractivity contribution in [1.82, 2.24) is 0 Å². The van der Waals surface area contributed by atoms with Crippen LogP contribution in [0.1, 0.15) is 0 Å². The first-order valence-electron chi connectivity index (χ1n) is 17.6. The highest BCUT2D eigenvalue weighted by molar-refractivity contribution is 6.28. The molecule has 0 saturated heterocycles. The summed E-state index contributed by atoms with van der Waals surface area (Å²) in [6.45, 7) is 0. The molecule has 0 amide bonds. The predicted molar refractivity (Wildman–Crippen MR) is 218 cm³/mol. The molecule has 0 bridgehead atoms. The van der Waals surface area contributed by atoms with Gasteiger partial charge in [0.05, 0.1) is 0 Å². The van der Waals surface area contributed by atoms with E-state index in [2.05, 4.69) is 182 Å². The third-order valence-electron chi connectivity index (χ3n) is 10.8. The molecule has 0 unspecified atom stereocenters. The van der Waals surface area contributed by atoms with Crippen LogP contribution < -0.4 is 0 Å². The van der Waals surface area contributed by atoms with Crippen LogP contribution >= 0.6 is 0 Å². The number of hydrogen-bond acceptors (Lipinski definition) is 1. The molecule has 0 aliphatic rings. The van der Waals surface area contributed by atoms with E-state index in [-0.39, 0.29) is 0 Å². The molecule has 1 heterocycles. The van der Waals surface area contributed by atoms with Gasteiger partial charge in [0.1, 0.15) is 11.2 Å². The van der Waals surface area contributed by atoms with Crippen LogP contribution in [0.4, 0.5) is 0 Å². The third kappa shape index (κ3) is 4.22. The molecule has 11 rings (SSSR count). The summed E-state index contributed by atoms with van der Waals surface area (Å²) in [5.74, 6) is 0. The lowest BCUT2D eigenvalue weighted by molar-refractivity contribution is 0.669. The van der Waals surface area contributed by atoms with E-state index in [0.717, 1.165) is 11.2 Å². The number of benzene rings is 10. The van der Waals surface area contributed by atoms with Crippen molar-refractivity contribution in [3.8, 4) is 33.4 Å². The minimum absolute atomic E-state index is 0.917. The average molecular weight is 647 g/mol. The van der Waals surface area contributed by atoms with Crippen LogP contribution in [0.3, 0.4) is 0 Å². The Kier molecular flexibility index (Phi) is 6.02. The summed E-state index contributed by atoms with van der Waals surface area (Å²) in [4.78, 5) is 0. The molecule has 0 fully saturated rings. The van der Waals surface area contributed by atoms with Gasteiger partial charge in [0.25, 0.3) is 0 Å². The number of fused-ring (bicyclic) bond motifs is 10. The fourth-order valence-electron chi connectivity index (χ4n) is 8.55. The standard InChI is InChI=1S/C50H30O/c1-2-13-35-29-36(26-21-31(35)11-1)48-42-19-9-7-17-40(42)47(41-18-8-10-20-43(41)48)34-24-22-33(23-25-34)44-30-46-50(39-16-6-5-15-38(39)44)49-37-14-4-3-12-32(37)27-28-45(49)51-46/h1-30H. The third-order valence-corrected chi connectivity index (χ3v) is 10.8. The first kappa shape index (κ1) is 28.2. The normalized spacial score (nSPS) is 11.9. The minimum atomic E-state index is 0.917. The first-order valence-corrected chi connectivity index (χ1v) is 17.6. The van der Waals surface area contributed by atoms with E-state index in [0.29, 0.717) is 0 Å². The molecule has 1 aromatic heterocycles. The maximum atomic E-state index is 6.59. The lowest BCUT2D eigenvalue weighted by Gasteiger charge is -2.18. The van der Waals surface area contributed by atoms with Gasteiger partial charge in [-0.15, -0.1) is 0 Å². The van der Waals surface area contributed by atoms with Crippen molar-refractivity contribution in [2.24, 2.45) is 0 Å². The Morgan fingerprint density at radius 1 is 0.275 bits per heavy atom. The zero-order chi connectivity index (χ0) is 33.5. The number of furan rings is 1. The quantitative estimate of drug-likeness (QED) is 0.174. The minimum Gasteiger partial charge on any atom is -0.456 e. The van der Waals surface area contributed by atoms with E-state index in [1.54, 1.807) is 0 Å².